The molecule has 2 aromatic heterocycles. The topological polar surface area (TPSA) is 99.5 Å². The van der Waals surface area contributed by atoms with Crippen molar-refractivity contribution in [2.45, 2.75) is 20.0 Å². The second-order valence-electron chi connectivity index (χ2n) is 9.30. The van der Waals surface area contributed by atoms with Gasteiger partial charge < -0.3 is 14.0 Å². The third-order valence-electron chi connectivity index (χ3n) is 6.61. The number of hydrogen-bond donors (Lipinski definition) is 1. The number of rotatable bonds is 7. The summed E-state index contributed by atoms with van der Waals surface area (Å²) in [4.78, 5) is 44.1. The van der Waals surface area contributed by atoms with Crippen LogP contribution >= 0.6 is 11.3 Å². The summed E-state index contributed by atoms with van der Waals surface area (Å²) in [6, 6.07) is 22.2. The predicted molar refractivity (Wildman–Crippen MR) is 157 cm³/mol. The summed E-state index contributed by atoms with van der Waals surface area (Å²) in [7, 11) is 3.13. The number of pyridine rings is 1. The molecule has 0 radical (unpaired) electrons. The minimum Gasteiger partial charge on any atom is -0.497 e. The summed E-state index contributed by atoms with van der Waals surface area (Å²) in [5, 5.41) is 6.03. The van der Waals surface area contributed by atoms with Crippen molar-refractivity contribution in [2.24, 2.45) is 7.05 Å². The van der Waals surface area contributed by atoms with Gasteiger partial charge in [-0.15, -0.1) is 11.3 Å². The molecule has 8 nitrogen and oxygen atoms in total. The molecular weight excluding hydrogens is 526 g/mol. The molecule has 1 amide bonds. The molecular formula is C31H27N3O5S. The first-order chi connectivity index (χ1) is 19.3. The molecule has 0 spiro atoms. The Balaban J connectivity index is 1.40. The normalized spacial score (nSPS) is 11.7. The van der Waals surface area contributed by atoms with Crippen LogP contribution < -0.4 is 15.6 Å². The van der Waals surface area contributed by atoms with Crippen LogP contribution in [0.1, 0.15) is 23.0 Å². The first kappa shape index (κ1) is 26.8. The van der Waals surface area contributed by atoms with E-state index in [9.17, 15) is 14.4 Å². The predicted octanol–water partition coefficient (Wildman–Crippen LogP) is 5.83. The van der Waals surface area contributed by atoms with Crippen LogP contribution in [0.5, 0.6) is 5.75 Å². The molecule has 1 N–H and O–H groups in total. The van der Waals surface area contributed by atoms with Crippen molar-refractivity contribution in [3.63, 3.8) is 0 Å². The van der Waals surface area contributed by atoms with E-state index in [1.165, 1.54) is 29.9 Å². The molecule has 5 rings (SSSR count). The molecule has 202 valence electrons. The fraction of sp³-hybridized carbons (Fsp3) is 0.161. The van der Waals surface area contributed by atoms with Gasteiger partial charge >= 0.3 is 5.97 Å². The number of hydrogen-bond acceptors (Lipinski definition) is 7. The number of methoxy groups -OCH3 is 1. The number of esters is 1. The van der Waals surface area contributed by atoms with E-state index in [1.807, 2.05) is 73.0 Å². The lowest BCUT2D eigenvalue weighted by molar-refractivity contribution is -0.123. The Bertz CT molecular complexity index is 1770. The number of carbonyl (C=O) groups is 2. The minimum atomic E-state index is -1.15. The van der Waals surface area contributed by atoms with Crippen molar-refractivity contribution in [3.8, 4) is 28.1 Å². The first-order valence-electron chi connectivity index (χ1n) is 12.6. The number of aryl methyl sites for hydroxylation is 1. The van der Waals surface area contributed by atoms with E-state index in [4.69, 9.17) is 9.47 Å². The van der Waals surface area contributed by atoms with E-state index in [0.717, 1.165) is 22.4 Å². The third-order valence-corrected chi connectivity index (χ3v) is 7.37. The van der Waals surface area contributed by atoms with Crippen LogP contribution in [-0.2, 0) is 16.6 Å². The molecule has 5 aromatic rings. The van der Waals surface area contributed by atoms with E-state index in [1.54, 1.807) is 19.2 Å². The first-order valence-corrected chi connectivity index (χ1v) is 13.5. The molecule has 0 aliphatic rings. The Kier molecular flexibility index (Phi) is 7.48. The summed E-state index contributed by atoms with van der Waals surface area (Å²) in [5.74, 6) is -0.578. The van der Waals surface area contributed by atoms with Gasteiger partial charge in [0.2, 0.25) is 0 Å². The standard InChI is InChI=1S/C31H27N3O5S/c1-18-9-11-21(12-10-18)26-23-7-5-6-8-24(23)29(36)34(3)27(26)30(37)39-19(2)28(35)33-31-32-25(17-40-31)20-13-15-22(38-4)16-14-20/h5-17,19H,1-4H3,(H,32,33,35). The summed E-state index contributed by atoms with van der Waals surface area (Å²) in [6.45, 7) is 3.45. The Morgan fingerprint density at radius 3 is 2.27 bits per heavy atom. The molecule has 0 saturated heterocycles. The molecule has 9 heteroatoms. The van der Waals surface area contributed by atoms with Crippen LogP contribution in [-0.4, -0.2) is 34.6 Å². The van der Waals surface area contributed by atoms with E-state index in [0.29, 0.717) is 27.2 Å². The van der Waals surface area contributed by atoms with Crippen molar-refractivity contribution >= 4 is 39.1 Å². The maximum atomic E-state index is 13.5. The van der Waals surface area contributed by atoms with Gasteiger partial charge in [-0.25, -0.2) is 9.78 Å². The number of nitrogens with zero attached hydrogens (tertiary/aromatic N) is 2. The van der Waals surface area contributed by atoms with E-state index >= 15 is 0 Å². The minimum absolute atomic E-state index is 0.0724. The van der Waals surface area contributed by atoms with Gasteiger partial charge in [0.05, 0.1) is 12.8 Å². The van der Waals surface area contributed by atoms with Crippen LogP contribution in [0.25, 0.3) is 33.2 Å². The summed E-state index contributed by atoms with van der Waals surface area (Å²) in [6.07, 6.45) is -1.15. The van der Waals surface area contributed by atoms with Crippen LogP contribution in [0.15, 0.2) is 83.0 Å². The second kappa shape index (κ2) is 11.2. The lowest BCUT2D eigenvalue weighted by atomic mass is 9.96. The number of carbonyl (C=O) groups excluding carboxylic acids is 2. The van der Waals surface area contributed by atoms with Gasteiger partial charge in [-0.2, -0.15) is 0 Å². The zero-order valence-electron chi connectivity index (χ0n) is 22.4. The van der Waals surface area contributed by atoms with Crippen LogP contribution in [0.3, 0.4) is 0 Å². The Morgan fingerprint density at radius 1 is 0.950 bits per heavy atom. The molecule has 0 fully saturated rings. The highest BCUT2D eigenvalue weighted by Gasteiger charge is 2.27. The van der Waals surface area contributed by atoms with Crippen molar-refractivity contribution in [2.75, 3.05) is 12.4 Å². The average Bonchev–Trinajstić information content (AvgIpc) is 3.43. The van der Waals surface area contributed by atoms with Gasteiger partial charge in [-0.3, -0.25) is 14.9 Å². The van der Waals surface area contributed by atoms with Gasteiger partial charge in [-0.1, -0.05) is 48.0 Å². The van der Waals surface area contributed by atoms with E-state index in [2.05, 4.69) is 10.3 Å². The van der Waals surface area contributed by atoms with E-state index in [-0.39, 0.29) is 11.3 Å². The van der Waals surface area contributed by atoms with Gasteiger partial charge in [0.15, 0.2) is 11.2 Å². The fourth-order valence-electron chi connectivity index (χ4n) is 4.42. The van der Waals surface area contributed by atoms with Crippen molar-refractivity contribution in [1.29, 1.82) is 0 Å². The Labute approximate surface area is 234 Å². The second-order valence-corrected chi connectivity index (χ2v) is 10.2. The fourth-order valence-corrected chi connectivity index (χ4v) is 5.14. The molecule has 0 bridgehead atoms. The largest absolute Gasteiger partial charge is 0.497 e. The molecule has 1 unspecified atom stereocenters. The van der Waals surface area contributed by atoms with Crippen molar-refractivity contribution in [1.82, 2.24) is 9.55 Å². The SMILES string of the molecule is COc1ccc(-c2csc(NC(=O)C(C)OC(=O)c3c(-c4ccc(C)cc4)c4ccccc4c(=O)n3C)n2)cc1. The van der Waals surface area contributed by atoms with Gasteiger partial charge in [0, 0.05) is 28.9 Å². The number of thiazole rings is 1. The monoisotopic (exact) mass is 553 g/mol. The number of nitrogens with one attached hydrogen (secondary N) is 1. The third kappa shape index (κ3) is 5.23. The molecule has 0 aliphatic carbocycles. The Hall–Kier alpha value is -4.76. The average molecular weight is 554 g/mol. The van der Waals surface area contributed by atoms with E-state index < -0.39 is 18.0 Å². The number of amides is 1. The van der Waals surface area contributed by atoms with Gasteiger partial charge in [0.1, 0.15) is 11.4 Å². The number of benzene rings is 3. The lowest BCUT2D eigenvalue weighted by Gasteiger charge is -2.19. The zero-order valence-corrected chi connectivity index (χ0v) is 23.2. The smallest absolute Gasteiger partial charge is 0.356 e. The van der Waals surface area contributed by atoms with Gasteiger partial charge in [-0.05, 0) is 55.1 Å². The summed E-state index contributed by atoms with van der Waals surface area (Å²) in [5.41, 5.74) is 3.70. The quantitative estimate of drug-likeness (QED) is 0.255. The number of ether oxygens (including phenoxy) is 2. The van der Waals surface area contributed by atoms with Crippen molar-refractivity contribution < 1.29 is 19.1 Å². The highest BCUT2D eigenvalue weighted by Crippen LogP contribution is 2.32. The van der Waals surface area contributed by atoms with Gasteiger partial charge in [0.25, 0.3) is 11.5 Å². The molecule has 0 saturated carbocycles. The Morgan fingerprint density at radius 2 is 1.60 bits per heavy atom. The summed E-state index contributed by atoms with van der Waals surface area (Å²) >= 11 is 1.26. The lowest BCUT2D eigenvalue weighted by Crippen LogP contribution is -2.32. The van der Waals surface area contributed by atoms with Crippen molar-refractivity contribution in [3.05, 3.63) is 99.8 Å². The molecule has 2 heterocycles. The van der Waals surface area contributed by atoms with Crippen LogP contribution in [0.2, 0.25) is 0 Å². The number of anilines is 1. The molecule has 40 heavy (non-hydrogen) atoms. The molecule has 3 aromatic carbocycles. The number of aromatic nitrogens is 2. The van der Waals surface area contributed by atoms with Crippen LogP contribution in [0.4, 0.5) is 5.13 Å². The molecule has 0 aliphatic heterocycles. The van der Waals surface area contributed by atoms with Crippen LogP contribution in [0, 0.1) is 6.92 Å². The molecule has 1 atom stereocenters. The summed E-state index contributed by atoms with van der Waals surface area (Å²) < 4.78 is 12.1. The number of fused-ring (bicyclic) bond motifs is 1. The zero-order chi connectivity index (χ0) is 28.4. The highest BCUT2D eigenvalue weighted by molar-refractivity contribution is 7.14. The highest BCUT2D eigenvalue weighted by atomic mass is 32.1. The maximum absolute atomic E-state index is 13.5. The maximum Gasteiger partial charge on any atom is 0.356 e.